The van der Waals surface area contributed by atoms with Gasteiger partial charge in [-0.05, 0) is 85.1 Å². The van der Waals surface area contributed by atoms with Gasteiger partial charge in [0.15, 0.2) is 0 Å². The summed E-state index contributed by atoms with van der Waals surface area (Å²) < 4.78 is 0. The molecular formula is C30H25N7O. The third-order valence-corrected chi connectivity index (χ3v) is 5.89. The first-order valence-corrected chi connectivity index (χ1v) is 11.8. The van der Waals surface area contributed by atoms with E-state index in [9.17, 15) is 4.79 Å². The lowest BCUT2D eigenvalue weighted by Crippen LogP contribution is -2.27. The van der Waals surface area contributed by atoms with E-state index in [4.69, 9.17) is 10.5 Å². The second-order valence-corrected chi connectivity index (χ2v) is 8.59. The molecule has 4 rings (SSSR count). The number of anilines is 5. The van der Waals surface area contributed by atoms with Crippen molar-refractivity contribution < 1.29 is 4.79 Å². The van der Waals surface area contributed by atoms with Gasteiger partial charge >= 0.3 is 0 Å². The first kappa shape index (κ1) is 25.6. The molecule has 0 aliphatic carbocycles. The van der Waals surface area contributed by atoms with E-state index in [0.717, 1.165) is 28.1 Å². The number of nitriles is 2. The predicted molar refractivity (Wildman–Crippen MR) is 149 cm³/mol. The van der Waals surface area contributed by atoms with Crippen LogP contribution in [0.25, 0.3) is 6.08 Å². The first-order chi connectivity index (χ1) is 18.4. The van der Waals surface area contributed by atoms with Gasteiger partial charge in [-0.2, -0.15) is 15.5 Å². The summed E-state index contributed by atoms with van der Waals surface area (Å²) in [6, 6.07) is 24.3. The Bertz CT molecular complexity index is 1560. The number of aryl methyl sites for hydroxylation is 2. The molecule has 38 heavy (non-hydrogen) atoms. The highest BCUT2D eigenvalue weighted by Gasteiger charge is 2.21. The molecule has 3 aromatic carbocycles. The second-order valence-electron chi connectivity index (χ2n) is 8.59. The van der Waals surface area contributed by atoms with Crippen molar-refractivity contribution in [2.75, 3.05) is 22.6 Å². The van der Waals surface area contributed by atoms with Gasteiger partial charge in [-0.1, -0.05) is 18.2 Å². The number of nitrogens with one attached hydrogen (secondary N) is 2. The molecule has 8 nitrogen and oxygen atoms in total. The zero-order valence-electron chi connectivity index (χ0n) is 21.2. The van der Waals surface area contributed by atoms with Gasteiger partial charge in [-0.3, -0.25) is 4.79 Å². The summed E-state index contributed by atoms with van der Waals surface area (Å²) in [7, 11) is 1.71. The number of carbonyl (C=O) groups is 1. The second kappa shape index (κ2) is 11.5. The number of rotatable bonds is 7. The molecule has 2 N–H and O–H groups in total. The van der Waals surface area contributed by atoms with Crippen LogP contribution in [0.15, 0.2) is 79.0 Å². The fourth-order valence-corrected chi connectivity index (χ4v) is 3.94. The highest BCUT2D eigenvalue weighted by atomic mass is 16.2. The largest absolute Gasteiger partial charge is 0.339 e. The van der Waals surface area contributed by atoms with E-state index < -0.39 is 0 Å². The van der Waals surface area contributed by atoms with Crippen LogP contribution >= 0.6 is 0 Å². The third kappa shape index (κ3) is 5.84. The molecule has 1 heterocycles. The van der Waals surface area contributed by atoms with Crippen LogP contribution in [0.5, 0.6) is 0 Å². The van der Waals surface area contributed by atoms with Crippen LogP contribution in [0.4, 0.5) is 28.8 Å². The summed E-state index contributed by atoms with van der Waals surface area (Å²) in [6.45, 7) is 3.90. The Kier molecular flexibility index (Phi) is 7.76. The fourth-order valence-electron chi connectivity index (χ4n) is 3.94. The third-order valence-electron chi connectivity index (χ3n) is 5.89. The Morgan fingerprint density at radius 1 is 0.974 bits per heavy atom. The van der Waals surface area contributed by atoms with E-state index in [2.05, 4.69) is 26.7 Å². The minimum Gasteiger partial charge on any atom is -0.339 e. The molecule has 4 aromatic rings. The number of benzene rings is 3. The Labute approximate surface area is 221 Å². The molecule has 0 unspecified atom stereocenters. The summed E-state index contributed by atoms with van der Waals surface area (Å²) in [5, 5.41) is 24.4. The summed E-state index contributed by atoms with van der Waals surface area (Å²) in [4.78, 5) is 24.2. The first-order valence-electron chi connectivity index (χ1n) is 11.8. The van der Waals surface area contributed by atoms with Gasteiger partial charge in [-0.25, -0.2) is 4.98 Å². The van der Waals surface area contributed by atoms with Crippen molar-refractivity contribution in [3.63, 3.8) is 0 Å². The minimum atomic E-state index is -0.271. The van der Waals surface area contributed by atoms with Gasteiger partial charge in [0.1, 0.15) is 11.4 Å². The van der Waals surface area contributed by atoms with Gasteiger partial charge < -0.3 is 15.5 Å². The van der Waals surface area contributed by atoms with Crippen LogP contribution in [0, 0.1) is 36.5 Å². The molecule has 0 bridgehead atoms. The monoisotopic (exact) mass is 499 g/mol. The normalized spacial score (nSPS) is 10.4. The van der Waals surface area contributed by atoms with Crippen molar-refractivity contribution in [2.24, 2.45) is 0 Å². The Hall–Kier alpha value is -5.47. The van der Waals surface area contributed by atoms with Gasteiger partial charge in [0, 0.05) is 36.4 Å². The molecule has 0 saturated heterocycles. The molecule has 0 aliphatic heterocycles. The molecule has 8 heteroatoms. The molecule has 0 spiro atoms. The molecule has 1 aromatic heterocycles. The smallest absolute Gasteiger partial charge is 0.263 e. The molecule has 0 fully saturated rings. The topological polar surface area (TPSA) is 118 Å². The number of nitrogens with zero attached hydrogens (tertiary/aromatic N) is 5. The van der Waals surface area contributed by atoms with E-state index >= 15 is 0 Å². The summed E-state index contributed by atoms with van der Waals surface area (Å²) in [5.41, 5.74) is 5.85. The minimum absolute atomic E-state index is 0.271. The quantitative estimate of drug-likeness (QED) is 0.288. The van der Waals surface area contributed by atoms with Crippen molar-refractivity contribution in [3.8, 4) is 12.1 Å². The zero-order chi connectivity index (χ0) is 27.1. The van der Waals surface area contributed by atoms with Crippen molar-refractivity contribution in [3.05, 3.63) is 107 Å². The molecular weight excluding hydrogens is 474 g/mol. The van der Waals surface area contributed by atoms with Gasteiger partial charge in [-0.15, -0.1) is 0 Å². The zero-order valence-corrected chi connectivity index (χ0v) is 21.2. The van der Waals surface area contributed by atoms with E-state index in [1.807, 2.05) is 62.4 Å². The summed E-state index contributed by atoms with van der Waals surface area (Å²) >= 11 is 0. The molecule has 1 amide bonds. The lowest BCUT2D eigenvalue weighted by atomic mass is 10.0. The number of carbonyl (C=O) groups excluding carboxylic acids is 1. The van der Waals surface area contributed by atoms with E-state index in [1.54, 1.807) is 42.3 Å². The average molecular weight is 500 g/mol. The lowest BCUT2D eigenvalue weighted by molar-refractivity contribution is 0.0993. The van der Waals surface area contributed by atoms with Crippen LogP contribution in [-0.2, 0) is 0 Å². The Balaban J connectivity index is 1.73. The summed E-state index contributed by atoms with van der Waals surface area (Å²) in [5.74, 6) is 0.364. The lowest BCUT2D eigenvalue weighted by Gasteiger charge is -2.20. The standard InChI is InChI=1S/C30H25N7O/c1-20-16-23(8-7-15-31)17-21(2)27(20)35-28-26(29(38)37(3)25-9-5-4-6-10-25)19-33-30(36-28)34-24-13-11-22(18-32)12-14-24/h4-14,16-17,19H,1-3H3,(H2,33,34,35,36)/b8-7+. The number of aromatic nitrogens is 2. The fraction of sp³-hybridized carbons (Fsp3) is 0.100. The van der Waals surface area contributed by atoms with Crippen molar-refractivity contribution in [1.82, 2.24) is 9.97 Å². The van der Waals surface area contributed by atoms with E-state index in [-0.39, 0.29) is 5.91 Å². The average Bonchev–Trinajstić information content (AvgIpc) is 2.94. The maximum atomic E-state index is 13.6. The SMILES string of the molecule is Cc1cc(/C=C/C#N)cc(C)c1Nc1nc(Nc2ccc(C#N)cc2)ncc1C(=O)N(C)c1ccccc1. The number of hydrogen-bond acceptors (Lipinski definition) is 7. The van der Waals surface area contributed by atoms with Crippen LogP contribution in [0.2, 0.25) is 0 Å². The molecule has 0 radical (unpaired) electrons. The van der Waals surface area contributed by atoms with Gasteiger partial charge in [0.2, 0.25) is 5.95 Å². The molecule has 186 valence electrons. The molecule has 0 aliphatic rings. The maximum absolute atomic E-state index is 13.6. The predicted octanol–water partition coefficient (Wildman–Crippen LogP) is 6.27. The number of hydrogen-bond donors (Lipinski definition) is 2. The highest BCUT2D eigenvalue weighted by molar-refractivity contribution is 6.09. The van der Waals surface area contributed by atoms with E-state index in [1.165, 1.54) is 12.3 Å². The van der Waals surface area contributed by atoms with Crippen molar-refractivity contribution in [2.45, 2.75) is 13.8 Å². The molecule has 0 saturated carbocycles. The number of amides is 1. The van der Waals surface area contributed by atoms with Crippen molar-refractivity contribution >= 4 is 40.8 Å². The van der Waals surface area contributed by atoms with Crippen LogP contribution in [0.3, 0.4) is 0 Å². The summed E-state index contributed by atoms with van der Waals surface area (Å²) in [6.07, 6.45) is 4.68. The Morgan fingerprint density at radius 3 is 2.29 bits per heavy atom. The van der Waals surface area contributed by atoms with Crippen LogP contribution < -0.4 is 15.5 Å². The number of allylic oxidation sites excluding steroid dienone is 1. The van der Waals surface area contributed by atoms with Gasteiger partial charge in [0.05, 0.1) is 17.7 Å². The van der Waals surface area contributed by atoms with Gasteiger partial charge in [0.25, 0.3) is 5.91 Å². The van der Waals surface area contributed by atoms with Crippen LogP contribution in [0.1, 0.15) is 32.6 Å². The highest BCUT2D eigenvalue weighted by Crippen LogP contribution is 2.29. The maximum Gasteiger partial charge on any atom is 0.263 e. The Morgan fingerprint density at radius 2 is 1.66 bits per heavy atom. The number of para-hydroxylation sites is 1. The van der Waals surface area contributed by atoms with E-state index in [0.29, 0.717) is 28.6 Å². The van der Waals surface area contributed by atoms with Crippen LogP contribution in [-0.4, -0.2) is 22.9 Å². The van der Waals surface area contributed by atoms with Crippen molar-refractivity contribution in [1.29, 1.82) is 10.5 Å². The molecule has 0 atom stereocenters.